The van der Waals surface area contributed by atoms with E-state index in [2.05, 4.69) is 50.4 Å². The monoisotopic (exact) mass is 451 g/mol. The van der Waals surface area contributed by atoms with Crippen LogP contribution < -0.4 is 10.6 Å². The summed E-state index contributed by atoms with van der Waals surface area (Å²) in [6.07, 6.45) is 4.00. The Morgan fingerprint density at radius 2 is 2.15 bits per heavy atom. The molecule has 2 N–H and O–H groups in total. The van der Waals surface area contributed by atoms with Crippen molar-refractivity contribution in [3.05, 3.63) is 34.7 Å². The summed E-state index contributed by atoms with van der Waals surface area (Å²) < 4.78 is 3.04. The molecule has 0 spiro atoms. The second-order valence-electron chi connectivity index (χ2n) is 4.57. The number of imidazole rings is 1. The van der Waals surface area contributed by atoms with E-state index in [0.717, 1.165) is 21.8 Å². The van der Waals surface area contributed by atoms with Crippen molar-refractivity contribution < 1.29 is 0 Å². The van der Waals surface area contributed by atoms with E-state index in [9.17, 15) is 0 Å². The van der Waals surface area contributed by atoms with Gasteiger partial charge in [-0.25, -0.2) is 4.98 Å². The predicted octanol–water partition coefficient (Wildman–Crippen LogP) is 2.79. The van der Waals surface area contributed by atoms with Crippen molar-refractivity contribution >= 4 is 51.5 Å². The maximum Gasteiger partial charge on any atom is 0.191 e. The van der Waals surface area contributed by atoms with Crippen LogP contribution in [0.4, 0.5) is 0 Å². The number of aromatic nitrogens is 2. The van der Waals surface area contributed by atoms with E-state index in [-0.39, 0.29) is 24.0 Å². The van der Waals surface area contributed by atoms with Gasteiger partial charge in [-0.3, -0.25) is 4.99 Å². The number of fused-ring (bicyclic) bond motifs is 1. The molecule has 110 valence electrons. The Morgan fingerprint density at radius 3 is 2.80 bits per heavy atom. The van der Waals surface area contributed by atoms with Crippen molar-refractivity contribution in [3.63, 3.8) is 0 Å². The summed E-state index contributed by atoms with van der Waals surface area (Å²) in [4.78, 5) is 8.70. The van der Waals surface area contributed by atoms with Gasteiger partial charge in [0, 0.05) is 30.0 Å². The van der Waals surface area contributed by atoms with E-state index in [1.807, 2.05) is 28.9 Å². The molecule has 0 bridgehead atoms. The summed E-state index contributed by atoms with van der Waals surface area (Å²) in [7, 11) is 1.76. The fourth-order valence-electron chi connectivity index (χ4n) is 1.74. The molecule has 0 saturated heterocycles. The van der Waals surface area contributed by atoms with Crippen molar-refractivity contribution in [2.24, 2.45) is 4.99 Å². The third-order valence-corrected chi connectivity index (χ3v) is 3.02. The van der Waals surface area contributed by atoms with Crippen molar-refractivity contribution in [1.82, 2.24) is 20.0 Å². The van der Waals surface area contributed by atoms with Gasteiger partial charge in [-0.05, 0) is 41.9 Å². The molecule has 2 aromatic rings. The molecule has 2 aromatic heterocycles. The fraction of sp³-hybridized carbons (Fsp3) is 0.385. The average molecular weight is 452 g/mol. The molecular formula is C13H19BrIN5. The lowest BCUT2D eigenvalue weighted by molar-refractivity contribution is 0.697. The van der Waals surface area contributed by atoms with E-state index >= 15 is 0 Å². The van der Waals surface area contributed by atoms with Crippen LogP contribution in [0.25, 0.3) is 5.65 Å². The average Bonchev–Trinajstić information content (AvgIpc) is 2.75. The first-order valence-electron chi connectivity index (χ1n) is 6.19. The molecule has 5 nitrogen and oxygen atoms in total. The topological polar surface area (TPSA) is 53.7 Å². The normalized spacial score (nSPS) is 11.6. The summed E-state index contributed by atoms with van der Waals surface area (Å²) in [5.74, 6) is 0.785. The molecule has 0 fully saturated rings. The van der Waals surface area contributed by atoms with Crippen LogP contribution >= 0.6 is 39.9 Å². The highest BCUT2D eigenvalue weighted by atomic mass is 127. The number of pyridine rings is 1. The Bertz CT molecular complexity index is 593. The van der Waals surface area contributed by atoms with Gasteiger partial charge in [0.15, 0.2) is 5.96 Å². The third kappa shape index (κ3) is 4.62. The molecule has 0 atom stereocenters. The Labute approximate surface area is 144 Å². The van der Waals surface area contributed by atoms with Crippen LogP contribution in [0.1, 0.15) is 19.5 Å². The lowest BCUT2D eigenvalue weighted by Crippen LogP contribution is -2.40. The van der Waals surface area contributed by atoms with Gasteiger partial charge in [0.1, 0.15) is 5.65 Å². The molecule has 2 heterocycles. The predicted molar refractivity (Wildman–Crippen MR) is 96.8 cm³/mol. The molecule has 0 aliphatic heterocycles. The lowest BCUT2D eigenvalue weighted by Gasteiger charge is -2.13. The SMILES string of the molecule is CN=C(NCc1cn2cc(Br)ccc2n1)NC(C)C.I. The molecule has 0 aromatic carbocycles. The van der Waals surface area contributed by atoms with Gasteiger partial charge in [-0.1, -0.05) is 0 Å². The number of halogens is 2. The summed E-state index contributed by atoms with van der Waals surface area (Å²) in [5.41, 5.74) is 1.91. The van der Waals surface area contributed by atoms with Gasteiger partial charge in [-0.2, -0.15) is 0 Å². The summed E-state index contributed by atoms with van der Waals surface area (Å²) in [6, 6.07) is 4.32. The number of guanidine groups is 1. The van der Waals surface area contributed by atoms with Crippen molar-refractivity contribution in [3.8, 4) is 0 Å². The van der Waals surface area contributed by atoms with E-state index in [0.29, 0.717) is 12.6 Å². The van der Waals surface area contributed by atoms with E-state index in [1.165, 1.54) is 0 Å². The first-order chi connectivity index (χ1) is 9.08. The first-order valence-corrected chi connectivity index (χ1v) is 6.98. The molecule has 0 radical (unpaired) electrons. The summed E-state index contributed by atoms with van der Waals surface area (Å²) >= 11 is 3.45. The maximum absolute atomic E-state index is 4.54. The highest BCUT2D eigenvalue weighted by Gasteiger charge is 2.04. The van der Waals surface area contributed by atoms with Crippen LogP contribution in [0.2, 0.25) is 0 Å². The third-order valence-electron chi connectivity index (χ3n) is 2.55. The first kappa shape index (κ1) is 17.2. The van der Waals surface area contributed by atoms with Crippen molar-refractivity contribution in [2.75, 3.05) is 7.05 Å². The lowest BCUT2D eigenvalue weighted by atomic mass is 10.4. The van der Waals surface area contributed by atoms with Crippen LogP contribution in [0.5, 0.6) is 0 Å². The van der Waals surface area contributed by atoms with Crippen LogP contribution in [0.15, 0.2) is 34.0 Å². The van der Waals surface area contributed by atoms with Crippen LogP contribution in [-0.4, -0.2) is 28.4 Å². The van der Waals surface area contributed by atoms with Gasteiger partial charge in [0.25, 0.3) is 0 Å². The zero-order valence-corrected chi connectivity index (χ0v) is 15.6. The van der Waals surface area contributed by atoms with Gasteiger partial charge >= 0.3 is 0 Å². The Kier molecular flexibility index (Phi) is 6.74. The number of rotatable bonds is 3. The second-order valence-corrected chi connectivity index (χ2v) is 5.49. The molecule has 0 saturated carbocycles. The molecule has 0 aliphatic rings. The number of aliphatic imine (C=N–C) groups is 1. The minimum Gasteiger partial charge on any atom is -0.354 e. The Balaban J connectivity index is 0.00000200. The number of nitrogens with one attached hydrogen (secondary N) is 2. The molecular weight excluding hydrogens is 433 g/mol. The smallest absolute Gasteiger partial charge is 0.191 e. The molecule has 0 amide bonds. The van der Waals surface area contributed by atoms with Crippen LogP contribution in [0, 0.1) is 0 Å². The quantitative estimate of drug-likeness (QED) is 0.428. The highest BCUT2D eigenvalue weighted by Crippen LogP contribution is 2.12. The zero-order chi connectivity index (χ0) is 13.8. The number of nitrogens with zero attached hydrogens (tertiary/aromatic N) is 3. The van der Waals surface area contributed by atoms with Gasteiger partial charge in [0.05, 0.1) is 12.2 Å². The minimum atomic E-state index is 0. The molecule has 7 heteroatoms. The Hall–Kier alpha value is -0.830. The fourth-order valence-corrected chi connectivity index (χ4v) is 2.10. The van der Waals surface area contributed by atoms with Crippen LogP contribution in [0.3, 0.4) is 0 Å². The number of hydrogen-bond acceptors (Lipinski definition) is 2. The van der Waals surface area contributed by atoms with Gasteiger partial charge in [0.2, 0.25) is 0 Å². The molecule has 0 unspecified atom stereocenters. The van der Waals surface area contributed by atoms with E-state index < -0.39 is 0 Å². The zero-order valence-electron chi connectivity index (χ0n) is 11.7. The minimum absolute atomic E-state index is 0. The molecule has 2 rings (SSSR count). The number of hydrogen-bond donors (Lipinski definition) is 2. The Morgan fingerprint density at radius 1 is 1.40 bits per heavy atom. The van der Waals surface area contributed by atoms with E-state index in [4.69, 9.17) is 0 Å². The van der Waals surface area contributed by atoms with Crippen molar-refractivity contribution in [1.29, 1.82) is 0 Å². The van der Waals surface area contributed by atoms with Crippen molar-refractivity contribution in [2.45, 2.75) is 26.4 Å². The molecule has 20 heavy (non-hydrogen) atoms. The maximum atomic E-state index is 4.54. The standard InChI is InChI=1S/C13H18BrN5.HI/c1-9(2)17-13(15-3)16-6-11-8-19-7-10(14)4-5-12(19)18-11;/h4-5,7-9H,6H2,1-3H3,(H2,15,16,17);1H. The molecule has 0 aliphatic carbocycles. The summed E-state index contributed by atoms with van der Waals surface area (Å²) in [6.45, 7) is 4.80. The largest absolute Gasteiger partial charge is 0.354 e. The van der Waals surface area contributed by atoms with E-state index in [1.54, 1.807) is 7.05 Å². The second kappa shape index (κ2) is 7.82. The van der Waals surface area contributed by atoms with Crippen LogP contribution in [-0.2, 0) is 6.54 Å². The highest BCUT2D eigenvalue weighted by molar-refractivity contribution is 14.0. The van der Waals surface area contributed by atoms with Gasteiger partial charge in [-0.15, -0.1) is 24.0 Å². The summed E-state index contributed by atoms with van der Waals surface area (Å²) in [5, 5.41) is 6.48. The van der Waals surface area contributed by atoms with Gasteiger partial charge < -0.3 is 15.0 Å².